The lowest BCUT2D eigenvalue weighted by atomic mass is 9.93. The first-order chi connectivity index (χ1) is 10.2. The zero-order valence-electron chi connectivity index (χ0n) is 11.7. The molecule has 112 valence electrons. The Kier molecular flexibility index (Phi) is 4.69. The largest absolute Gasteiger partial charge is 0.386 e. The number of aromatic nitrogens is 2. The van der Waals surface area contributed by atoms with Crippen LogP contribution in [0.1, 0.15) is 23.3 Å². The van der Waals surface area contributed by atoms with E-state index in [4.69, 9.17) is 4.74 Å². The van der Waals surface area contributed by atoms with Gasteiger partial charge in [0.15, 0.2) is 0 Å². The number of hydrogen-bond acceptors (Lipinski definition) is 4. The van der Waals surface area contributed by atoms with Gasteiger partial charge in [0, 0.05) is 23.7 Å². The second-order valence-electron chi connectivity index (χ2n) is 4.99. The summed E-state index contributed by atoms with van der Waals surface area (Å²) in [7, 11) is 1.67. The van der Waals surface area contributed by atoms with Crippen LogP contribution in [0.4, 0.5) is 0 Å². The predicted molar refractivity (Wildman–Crippen MR) is 86.7 cm³/mol. The Morgan fingerprint density at radius 2 is 2.33 bits per heavy atom. The highest BCUT2D eigenvalue weighted by Crippen LogP contribution is 2.46. The zero-order chi connectivity index (χ0) is 14.8. The summed E-state index contributed by atoms with van der Waals surface area (Å²) >= 11 is 5.31. The first kappa shape index (κ1) is 15.1. The summed E-state index contributed by atoms with van der Waals surface area (Å²) in [6.07, 6.45) is 1.16. The number of nitrogens with zero attached hydrogens (tertiary/aromatic N) is 2. The Labute approximate surface area is 136 Å². The molecule has 0 aliphatic carbocycles. The number of aliphatic hydroxyl groups excluding tert-OH is 1. The summed E-state index contributed by atoms with van der Waals surface area (Å²) in [5.74, 6) is 0.989. The number of benzene rings is 1. The Morgan fingerprint density at radius 3 is 3.14 bits per heavy atom. The second kappa shape index (κ2) is 6.52. The van der Waals surface area contributed by atoms with Gasteiger partial charge < -0.3 is 9.84 Å². The third kappa shape index (κ3) is 2.90. The molecule has 0 saturated heterocycles. The lowest BCUT2D eigenvalue weighted by Gasteiger charge is -2.20. The van der Waals surface area contributed by atoms with E-state index in [1.165, 1.54) is 10.5 Å². The van der Waals surface area contributed by atoms with Gasteiger partial charge in [-0.2, -0.15) is 5.10 Å². The Hall–Kier alpha value is -0.820. The van der Waals surface area contributed by atoms with Crippen LogP contribution in [-0.2, 0) is 11.3 Å². The van der Waals surface area contributed by atoms with E-state index in [0.29, 0.717) is 13.2 Å². The summed E-state index contributed by atoms with van der Waals surface area (Å²) in [6.45, 7) is 1.21. The Morgan fingerprint density at radius 1 is 1.52 bits per heavy atom. The zero-order valence-corrected chi connectivity index (χ0v) is 14.1. The van der Waals surface area contributed by atoms with Crippen LogP contribution in [0.2, 0.25) is 0 Å². The van der Waals surface area contributed by atoms with Crippen LogP contribution < -0.4 is 0 Å². The highest BCUT2D eigenvalue weighted by molar-refractivity contribution is 9.10. The van der Waals surface area contributed by atoms with Crippen molar-refractivity contribution in [2.75, 3.05) is 19.5 Å². The maximum Gasteiger partial charge on any atom is 0.104 e. The van der Waals surface area contributed by atoms with E-state index in [1.54, 1.807) is 25.1 Å². The summed E-state index contributed by atoms with van der Waals surface area (Å²) in [6, 6.07) is 8.29. The van der Waals surface area contributed by atoms with Crippen molar-refractivity contribution in [2.24, 2.45) is 0 Å². The summed E-state index contributed by atoms with van der Waals surface area (Å²) in [5, 5.41) is 15.2. The second-order valence-corrected chi connectivity index (χ2v) is 6.91. The van der Waals surface area contributed by atoms with Gasteiger partial charge in [0.2, 0.25) is 0 Å². The average molecular weight is 369 g/mol. The fourth-order valence-electron chi connectivity index (χ4n) is 2.66. The number of thioether (sulfide) groups is 1. The maximum absolute atomic E-state index is 10.9. The van der Waals surface area contributed by atoms with Gasteiger partial charge in [-0.1, -0.05) is 18.2 Å². The molecule has 0 saturated carbocycles. The van der Waals surface area contributed by atoms with Gasteiger partial charge in [0.05, 0.1) is 29.5 Å². The summed E-state index contributed by atoms with van der Waals surface area (Å²) in [4.78, 5) is 1.26. The van der Waals surface area contributed by atoms with Crippen LogP contribution >= 0.6 is 27.7 Å². The molecule has 0 radical (unpaired) electrons. The van der Waals surface area contributed by atoms with Crippen LogP contribution in [0.3, 0.4) is 0 Å². The molecule has 0 spiro atoms. The fraction of sp³-hybridized carbons (Fsp3) is 0.400. The Bertz CT molecular complexity index is 632. The normalized spacial score (nSPS) is 18.7. The van der Waals surface area contributed by atoms with E-state index in [0.717, 1.165) is 15.9 Å². The maximum atomic E-state index is 10.9. The minimum Gasteiger partial charge on any atom is -0.386 e. The third-order valence-corrected chi connectivity index (χ3v) is 5.56. The molecular weight excluding hydrogens is 352 g/mol. The molecule has 1 aliphatic heterocycles. The van der Waals surface area contributed by atoms with E-state index in [2.05, 4.69) is 33.2 Å². The summed E-state index contributed by atoms with van der Waals surface area (Å²) in [5.41, 5.74) is 2.05. The van der Waals surface area contributed by atoms with Crippen LogP contribution in [0.25, 0.3) is 0 Å². The number of fused-ring (bicyclic) bond motifs is 1. The van der Waals surface area contributed by atoms with Crippen LogP contribution in [0.5, 0.6) is 0 Å². The minimum absolute atomic E-state index is 0.0977. The number of ether oxygens (including phenoxy) is 1. The molecule has 0 amide bonds. The van der Waals surface area contributed by atoms with E-state index in [9.17, 15) is 5.11 Å². The van der Waals surface area contributed by atoms with Crippen molar-refractivity contribution in [1.82, 2.24) is 9.78 Å². The third-order valence-electron chi connectivity index (χ3n) is 3.74. The molecule has 0 bridgehead atoms. The van der Waals surface area contributed by atoms with Crippen molar-refractivity contribution in [1.29, 1.82) is 0 Å². The van der Waals surface area contributed by atoms with Crippen molar-refractivity contribution < 1.29 is 9.84 Å². The molecule has 21 heavy (non-hydrogen) atoms. The number of rotatable bonds is 5. The van der Waals surface area contributed by atoms with Crippen molar-refractivity contribution in [3.05, 3.63) is 46.2 Å². The van der Waals surface area contributed by atoms with Gasteiger partial charge in [0.25, 0.3) is 0 Å². The van der Waals surface area contributed by atoms with Gasteiger partial charge >= 0.3 is 0 Å². The smallest absolute Gasteiger partial charge is 0.104 e. The monoisotopic (exact) mass is 368 g/mol. The average Bonchev–Trinajstić information content (AvgIpc) is 3.08. The highest BCUT2D eigenvalue weighted by atomic mass is 79.9. The van der Waals surface area contributed by atoms with E-state index in [1.807, 2.05) is 16.8 Å². The first-order valence-electron chi connectivity index (χ1n) is 6.82. The van der Waals surface area contributed by atoms with Crippen molar-refractivity contribution in [3.8, 4) is 0 Å². The van der Waals surface area contributed by atoms with Crippen LogP contribution in [0, 0.1) is 0 Å². The molecule has 2 heterocycles. The molecule has 1 aromatic carbocycles. The van der Waals surface area contributed by atoms with Crippen LogP contribution in [-0.4, -0.2) is 34.4 Å². The minimum atomic E-state index is -0.574. The molecule has 2 unspecified atom stereocenters. The number of methoxy groups -OCH3 is 1. The first-order valence-corrected chi connectivity index (χ1v) is 8.60. The van der Waals surface area contributed by atoms with Gasteiger partial charge in [-0.25, -0.2) is 0 Å². The molecule has 2 aromatic rings. The van der Waals surface area contributed by atoms with Gasteiger partial charge in [-0.05, 0) is 27.6 Å². The molecule has 1 N–H and O–H groups in total. The molecule has 6 heteroatoms. The van der Waals surface area contributed by atoms with Crippen molar-refractivity contribution >= 4 is 27.7 Å². The summed E-state index contributed by atoms with van der Waals surface area (Å²) < 4.78 is 7.78. The van der Waals surface area contributed by atoms with Crippen LogP contribution in [0.15, 0.2) is 39.8 Å². The van der Waals surface area contributed by atoms with E-state index >= 15 is 0 Å². The number of halogens is 1. The standard InChI is InChI=1S/C15H17BrN2O2S/c1-20-7-6-18-14(12(16)8-17-18)15(19)11-9-21-13-5-3-2-4-10(11)13/h2-5,8,11,15,19H,6-7,9H2,1H3. The predicted octanol–water partition coefficient (Wildman–Crippen LogP) is 3.21. The molecular formula is C15H17BrN2O2S. The molecule has 0 fully saturated rings. The molecule has 2 atom stereocenters. The van der Waals surface area contributed by atoms with Gasteiger partial charge in [-0.3, -0.25) is 4.68 Å². The van der Waals surface area contributed by atoms with E-state index in [-0.39, 0.29) is 5.92 Å². The lowest BCUT2D eigenvalue weighted by Crippen LogP contribution is -2.18. The van der Waals surface area contributed by atoms with Crippen molar-refractivity contribution in [2.45, 2.75) is 23.5 Å². The topological polar surface area (TPSA) is 47.3 Å². The number of hydrogen-bond donors (Lipinski definition) is 1. The molecule has 4 nitrogen and oxygen atoms in total. The fourth-order valence-corrected chi connectivity index (χ4v) is 4.47. The SMILES string of the molecule is COCCn1ncc(Br)c1C(O)C1CSc2ccccc21. The Balaban J connectivity index is 1.89. The molecule has 1 aliphatic rings. The molecule has 3 rings (SSSR count). The van der Waals surface area contributed by atoms with Gasteiger partial charge in [0.1, 0.15) is 6.10 Å². The van der Waals surface area contributed by atoms with Gasteiger partial charge in [-0.15, -0.1) is 11.8 Å². The molecule has 1 aromatic heterocycles. The van der Waals surface area contributed by atoms with Crippen molar-refractivity contribution in [3.63, 3.8) is 0 Å². The lowest BCUT2D eigenvalue weighted by molar-refractivity contribution is 0.134. The highest BCUT2D eigenvalue weighted by Gasteiger charge is 2.33. The van der Waals surface area contributed by atoms with E-state index < -0.39 is 6.10 Å². The number of aliphatic hydroxyl groups is 1. The quantitative estimate of drug-likeness (QED) is 0.879.